The molecule has 0 amide bonds. The Hall–Kier alpha value is -1.48. The van der Waals surface area contributed by atoms with Gasteiger partial charge in [-0.15, -0.1) is 0 Å². The van der Waals surface area contributed by atoms with Crippen molar-refractivity contribution >= 4 is 37.7 Å². The van der Waals surface area contributed by atoms with E-state index in [9.17, 15) is 0 Å². The van der Waals surface area contributed by atoms with Crippen LogP contribution in [0.15, 0.2) is 41.1 Å². The summed E-state index contributed by atoms with van der Waals surface area (Å²) >= 11 is 3.54. The highest BCUT2D eigenvalue weighted by atomic mass is 79.9. The minimum absolute atomic E-state index is 0.992. The van der Waals surface area contributed by atoms with Crippen LogP contribution in [-0.4, -0.2) is 9.97 Å². The molecule has 16 heavy (non-hydrogen) atoms. The number of benzene rings is 1. The number of hydrogen-bond donors (Lipinski definition) is 0. The standard InChI is InChI=1S/C13H9BrN2/c1-8-5-10-9-3-2-4-15-12(9)6-11(14)13(10)16-7-8/h2-7H,1H3. The van der Waals surface area contributed by atoms with E-state index in [0.717, 1.165) is 31.8 Å². The van der Waals surface area contributed by atoms with E-state index < -0.39 is 0 Å². The number of halogens is 1. The van der Waals surface area contributed by atoms with Crippen LogP contribution in [0.4, 0.5) is 0 Å². The second-order valence-corrected chi connectivity index (χ2v) is 4.69. The van der Waals surface area contributed by atoms with Crippen molar-refractivity contribution in [2.75, 3.05) is 0 Å². The van der Waals surface area contributed by atoms with Crippen LogP contribution in [0.5, 0.6) is 0 Å². The van der Waals surface area contributed by atoms with Crippen molar-refractivity contribution in [3.63, 3.8) is 0 Å². The molecule has 0 aliphatic carbocycles. The molecule has 0 aliphatic rings. The second-order valence-electron chi connectivity index (χ2n) is 3.84. The number of aryl methyl sites for hydroxylation is 1. The Labute approximate surface area is 101 Å². The SMILES string of the molecule is Cc1cnc2c(Br)cc3ncccc3c2c1. The molecule has 78 valence electrons. The van der Waals surface area contributed by atoms with Gasteiger partial charge < -0.3 is 0 Å². The van der Waals surface area contributed by atoms with Crippen LogP contribution in [0.1, 0.15) is 5.56 Å². The van der Waals surface area contributed by atoms with Crippen LogP contribution in [-0.2, 0) is 0 Å². The van der Waals surface area contributed by atoms with Crippen LogP contribution in [0.25, 0.3) is 21.8 Å². The Balaban J connectivity index is 2.61. The zero-order chi connectivity index (χ0) is 11.1. The molecular formula is C13H9BrN2. The highest BCUT2D eigenvalue weighted by Crippen LogP contribution is 2.29. The maximum atomic E-state index is 4.46. The maximum absolute atomic E-state index is 4.46. The maximum Gasteiger partial charge on any atom is 0.0851 e. The molecule has 0 unspecified atom stereocenters. The van der Waals surface area contributed by atoms with Gasteiger partial charge in [-0.3, -0.25) is 9.97 Å². The predicted molar refractivity (Wildman–Crippen MR) is 69.5 cm³/mol. The third kappa shape index (κ3) is 1.39. The van der Waals surface area contributed by atoms with Crippen LogP contribution < -0.4 is 0 Å². The van der Waals surface area contributed by atoms with E-state index >= 15 is 0 Å². The fraction of sp³-hybridized carbons (Fsp3) is 0.0769. The Morgan fingerprint density at radius 3 is 2.88 bits per heavy atom. The van der Waals surface area contributed by atoms with Crippen molar-refractivity contribution in [3.05, 3.63) is 46.7 Å². The molecular weight excluding hydrogens is 264 g/mol. The number of hydrogen-bond acceptors (Lipinski definition) is 2. The van der Waals surface area contributed by atoms with E-state index in [2.05, 4.69) is 45.0 Å². The van der Waals surface area contributed by atoms with Gasteiger partial charge in [0, 0.05) is 27.6 Å². The Morgan fingerprint density at radius 2 is 2.00 bits per heavy atom. The largest absolute Gasteiger partial charge is 0.256 e. The minimum Gasteiger partial charge on any atom is -0.256 e. The topological polar surface area (TPSA) is 25.8 Å². The van der Waals surface area contributed by atoms with Gasteiger partial charge in [0.15, 0.2) is 0 Å². The first-order chi connectivity index (χ1) is 7.75. The van der Waals surface area contributed by atoms with Gasteiger partial charge in [0.25, 0.3) is 0 Å². The van der Waals surface area contributed by atoms with Crippen molar-refractivity contribution in [2.45, 2.75) is 6.92 Å². The normalized spacial score (nSPS) is 11.1. The number of aromatic nitrogens is 2. The van der Waals surface area contributed by atoms with Crippen molar-refractivity contribution < 1.29 is 0 Å². The van der Waals surface area contributed by atoms with E-state index in [1.807, 2.05) is 24.5 Å². The van der Waals surface area contributed by atoms with Crippen LogP contribution in [0.3, 0.4) is 0 Å². The summed E-state index contributed by atoms with van der Waals surface area (Å²) in [5, 5.41) is 2.30. The average Bonchev–Trinajstić information content (AvgIpc) is 2.29. The second kappa shape index (κ2) is 3.52. The first kappa shape index (κ1) is 9.73. The molecule has 2 aromatic heterocycles. The van der Waals surface area contributed by atoms with E-state index in [-0.39, 0.29) is 0 Å². The van der Waals surface area contributed by atoms with Gasteiger partial charge in [0.05, 0.1) is 11.0 Å². The summed E-state index contributed by atoms with van der Waals surface area (Å²) in [4.78, 5) is 8.82. The summed E-state index contributed by atoms with van der Waals surface area (Å²) in [5.41, 5.74) is 3.15. The fourth-order valence-corrected chi connectivity index (χ4v) is 2.45. The Bertz CT molecular complexity index is 692. The minimum atomic E-state index is 0.992. The van der Waals surface area contributed by atoms with Crippen LogP contribution in [0.2, 0.25) is 0 Å². The van der Waals surface area contributed by atoms with E-state index in [0.29, 0.717) is 0 Å². The molecule has 0 spiro atoms. The van der Waals surface area contributed by atoms with Gasteiger partial charge in [-0.25, -0.2) is 0 Å². The molecule has 2 nitrogen and oxygen atoms in total. The van der Waals surface area contributed by atoms with Gasteiger partial charge in [-0.1, -0.05) is 6.07 Å². The molecule has 0 bridgehead atoms. The quantitative estimate of drug-likeness (QED) is 0.581. The summed E-state index contributed by atoms with van der Waals surface area (Å²) < 4.78 is 0.994. The van der Waals surface area contributed by atoms with E-state index in [1.165, 1.54) is 0 Å². The Morgan fingerprint density at radius 1 is 1.12 bits per heavy atom. The zero-order valence-corrected chi connectivity index (χ0v) is 10.3. The predicted octanol–water partition coefficient (Wildman–Crippen LogP) is 3.85. The molecule has 3 aromatic rings. The average molecular weight is 273 g/mol. The first-order valence-electron chi connectivity index (χ1n) is 5.05. The molecule has 0 N–H and O–H groups in total. The lowest BCUT2D eigenvalue weighted by Crippen LogP contribution is -1.86. The lowest BCUT2D eigenvalue weighted by molar-refractivity contribution is 1.33. The number of pyridine rings is 2. The third-order valence-electron chi connectivity index (χ3n) is 2.64. The van der Waals surface area contributed by atoms with Gasteiger partial charge in [0.1, 0.15) is 0 Å². The van der Waals surface area contributed by atoms with Crippen molar-refractivity contribution in [1.82, 2.24) is 9.97 Å². The van der Waals surface area contributed by atoms with E-state index in [4.69, 9.17) is 0 Å². The van der Waals surface area contributed by atoms with Crippen LogP contribution >= 0.6 is 15.9 Å². The monoisotopic (exact) mass is 272 g/mol. The molecule has 0 saturated carbocycles. The zero-order valence-electron chi connectivity index (χ0n) is 8.74. The summed E-state index contributed by atoms with van der Waals surface area (Å²) in [6.45, 7) is 2.05. The molecule has 0 aliphatic heterocycles. The summed E-state index contributed by atoms with van der Waals surface area (Å²) in [7, 11) is 0. The van der Waals surface area contributed by atoms with Gasteiger partial charge in [-0.05, 0) is 46.6 Å². The highest BCUT2D eigenvalue weighted by Gasteiger charge is 2.06. The molecule has 0 atom stereocenters. The molecule has 3 heteroatoms. The fourth-order valence-electron chi connectivity index (χ4n) is 1.91. The number of rotatable bonds is 0. The smallest absolute Gasteiger partial charge is 0.0851 e. The lowest BCUT2D eigenvalue weighted by Gasteiger charge is -2.05. The van der Waals surface area contributed by atoms with Crippen LogP contribution in [0, 0.1) is 6.92 Å². The molecule has 0 fully saturated rings. The molecule has 2 heterocycles. The molecule has 1 aromatic carbocycles. The molecule has 0 radical (unpaired) electrons. The molecule has 0 saturated heterocycles. The van der Waals surface area contributed by atoms with Gasteiger partial charge in [-0.2, -0.15) is 0 Å². The summed E-state index contributed by atoms with van der Waals surface area (Å²) in [6.07, 6.45) is 3.69. The van der Waals surface area contributed by atoms with Crippen molar-refractivity contribution in [2.24, 2.45) is 0 Å². The summed E-state index contributed by atoms with van der Waals surface area (Å²) in [5.74, 6) is 0. The van der Waals surface area contributed by atoms with Crippen molar-refractivity contribution in [3.8, 4) is 0 Å². The third-order valence-corrected chi connectivity index (χ3v) is 3.25. The summed E-state index contributed by atoms with van der Waals surface area (Å²) in [6, 6.07) is 8.20. The highest BCUT2D eigenvalue weighted by molar-refractivity contribution is 9.10. The number of fused-ring (bicyclic) bond motifs is 3. The lowest BCUT2D eigenvalue weighted by atomic mass is 10.1. The van der Waals surface area contributed by atoms with Gasteiger partial charge in [0.2, 0.25) is 0 Å². The first-order valence-corrected chi connectivity index (χ1v) is 5.84. The molecule has 3 rings (SSSR count). The van der Waals surface area contributed by atoms with E-state index in [1.54, 1.807) is 0 Å². The van der Waals surface area contributed by atoms with Gasteiger partial charge >= 0.3 is 0 Å². The van der Waals surface area contributed by atoms with Crippen molar-refractivity contribution in [1.29, 1.82) is 0 Å². The number of nitrogens with zero attached hydrogens (tertiary/aromatic N) is 2. The Kier molecular flexibility index (Phi) is 2.14.